The van der Waals surface area contributed by atoms with Gasteiger partial charge in [-0.05, 0) is 43.3 Å². The summed E-state index contributed by atoms with van der Waals surface area (Å²) in [7, 11) is 0. The molecule has 0 spiro atoms. The number of nitrogens with zero attached hydrogens (tertiary/aromatic N) is 1. The van der Waals surface area contributed by atoms with Gasteiger partial charge in [0.05, 0.1) is 0 Å². The minimum atomic E-state index is -0.350. The third-order valence-corrected chi connectivity index (χ3v) is 4.83. The van der Waals surface area contributed by atoms with E-state index in [1.54, 1.807) is 12.4 Å². The molecule has 1 aromatic carbocycles. The van der Waals surface area contributed by atoms with E-state index in [4.69, 9.17) is 0 Å². The first-order valence-corrected chi connectivity index (χ1v) is 7.69. The topological polar surface area (TPSA) is 42.0 Å². The molecule has 0 amide bonds. The van der Waals surface area contributed by atoms with Crippen molar-refractivity contribution in [1.29, 1.82) is 0 Å². The fourth-order valence-electron chi connectivity index (χ4n) is 3.31. The molecule has 2 aromatic rings. The summed E-state index contributed by atoms with van der Waals surface area (Å²) in [5.74, 6) is 0.625. The molecule has 1 N–H and O–H groups in total. The van der Waals surface area contributed by atoms with Crippen molar-refractivity contribution in [3.63, 3.8) is 0 Å². The summed E-state index contributed by atoms with van der Waals surface area (Å²) in [6.45, 7) is 6.17. The van der Waals surface area contributed by atoms with Gasteiger partial charge in [0.25, 0.3) is 0 Å². The second-order valence-corrected chi connectivity index (χ2v) is 6.50. The third-order valence-electron chi connectivity index (χ3n) is 4.83. The van der Waals surface area contributed by atoms with E-state index < -0.39 is 0 Å². The van der Waals surface area contributed by atoms with E-state index in [2.05, 4.69) is 24.1 Å². The van der Waals surface area contributed by atoms with Gasteiger partial charge in [0.1, 0.15) is 0 Å². The molecule has 2 heterocycles. The lowest BCUT2D eigenvalue weighted by atomic mass is 9.70. The first kappa shape index (κ1) is 14.2. The fraction of sp³-hybridized carbons (Fsp3) is 0.444. The van der Waals surface area contributed by atoms with E-state index in [9.17, 15) is 4.79 Å². The molecule has 1 aliphatic heterocycles. The van der Waals surface area contributed by atoms with Gasteiger partial charge in [0, 0.05) is 28.8 Å². The summed E-state index contributed by atoms with van der Waals surface area (Å²) in [6.07, 6.45) is 5.85. The van der Waals surface area contributed by atoms with Crippen LogP contribution in [0, 0.1) is 11.3 Å². The summed E-state index contributed by atoms with van der Waals surface area (Å²) < 4.78 is 0. The van der Waals surface area contributed by atoms with E-state index in [0.29, 0.717) is 5.92 Å². The Morgan fingerprint density at radius 1 is 1.33 bits per heavy atom. The number of aromatic nitrogens is 1. The van der Waals surface area contributed by atoms with Gasteiger partial charge in [0.15, 0.2) is 5.78 Å². The zero-order chi connectivity index (χ0) is 14.9. The molecule has 1 aromatic heterocycles. The van der Waals surface area contributed by atoms with E-state index in [1.165, 1.54) is 0 Å². The highest BCUT2D eigenvalue weighted by atomic mass is 16.1. The van der Waals surface area contributed by atoms with Crippen LogP contribution in [-0.4, -0.2) is 23.9 Å². The van der Waals surface area contributed by atoms with Crippen LogP contribution < -0.4 is 5.32 Å². The molecule has 0 saturated carbocycles. The number of hydrogen-bond donors (Lipinski definition) is 1. The average molecular weight is 282 g/mol. The SMILES string of the molecule is CC(C)(C(=O)c1cccc2ccncc12)C1CCCNC1. The Morgan fingerprint density at radius 3 is 2.95 bits per heavy atom. The van der Waals surface area contributed by atoms with Crippen LogP contribution in [0.3, 0.4) is 0 Å². The lowest BCUT2D eigenvalue weighted by Gasteiger charge is -2.36. The minimum Gasteiger partial charge on any atom is -0.316 e. The van der Waals surface area contributed by atoms with Crippen LogP contribution in [0.2, 0.25) is 0 Å². The van der Waals surface area contributed by atoms with E-state index >= 15 is 0 Å². The van der Waals surface area contributed by atoms with Crippen molar-refractivity contribution < 1.29 is 4.79 Å². The van der Waals surface area contributed by atoms with Crippen LogP contribution >= 0.6 is 0 Å². The summed E-state index contributed by atoms with van der Waals surface area (Å²) in [4.78, 5) is 17.3. The number of ketones is 1. The van der Waals surface area contributed by atoms with Crippen molar-refractivity contribution in [2.24, 2.45) is 11.3 Å². The summed E-state index contributed by atoms with van der Waals surface area (Å²) in [5.41, 5.74) is 0.452. The highest BCUT2D eigenvalue weighted by Gasteiger charge is 2.38. The number of Topliss-reactive ketones (excluding diaryl/α,β-unsaturated/α-hetero) is 1. The van der Waals surface area contributed by atoms with Crippen LogP contribution in [-0.2, 0) is 0 Å². The number of carbonyl (C=O) groups is 1. The Morgan fingerprint density at radius 2 is 2.19 bits per heavy atom. The largest absolute Gasteiger partial charge is 0.316 e. The number of carbonyl (C=O) groups excluding carboxylic acids is 1. The minimum absolute atomic E-state index is 0.231. The summed E-state index contributed by atoms with van der Waals surface area (Å²) in [6, 6.07) is 7.89. The lowest BCUT2D eigenvalue weighted by molar-refractivity contribution is 0.0710. The number of benzene rings is 1. The maximum Gasteiger partial charge on any atom is 0.169 e. The van der Waals surface area contributed by atoms with Gasteiger partial charge in [-0.3, -0.25) is 9.78 Å². The summed E-state index contributed by atoms with van der Waals surface area (Å²) in [5, 5.41) is 5.46. The van der Waals surface area contributed by atoms with Gasteiger partial charge in [-0.1, -0.05) is 32.0 Å². The van der Waals surface area contributed by atoms with Gasteiger partial charge in [-0.15, -0.1) is 0 Å². The molecule has 3 rings (SSSR count). The quantitative estimate of drug-likeness (QED) is 0.877. The molecule has 110 valence electrons. The van der Waals surface area contributed by atoms with Gasteiger partial charge in [-0.25, -0.2) is 0 Å². The molecule has 1 unspecified atom stereocenters. The van der Waals surface area contributed by atoms with Gasteiger partial charge < -0.3 is 5.32 Å². The number of rotatable bonds is 3. The van der Waals surface area contributed by atoms with Crippen LogP contribution in [0.15, 0.2) is 36.7 Å². The maximum atomic E-state index is 13.1. The normalized spacial score (nSPS) is 19.6. The summed E-state index contributed by atoms with van der Waals surface area (Å²) >= 11 is 0. The van der Waals surface area contributed by atoms with E-state index in [-0.39, 0.29) is 11.2 Å². The third kappa shape index (κ3) is 2.58. The number of piperidine rings is 1. The average Bonchev–Trinajstić information content (AvgIpc) is 2.54. The predicted octanol–water partition coefficient (Wildman–Crippen LogP) is 3.44. The van der Waals surface area contributed by atoms with Crippen LogP contribution in [0.25, 0.3) is 10.8 Å². The molecular formula is C18H22N2O. The molecule has 0 radical (unpaired) electrons. The Hall–Kier alpha value is -1.74. The van der Waals surface area contributed by atoms with Crippen molar-refractivity contribution in [2.45, 2.75) is 26.7 Å². The van der Waals surface area contributed by atoms with Gasteiger partial charge in [0.2, 0.25) is 0 Å². The lowest BCUT2D eigenvalue weighted by Crippen LogP contribution is -2.42. The zero-order valence-corrected chi connectivity index (χ0v) is 12.7. The Labute approximate surface area is 125 Å². The molecule has 3 heteroatoms. The number of hydrogen-bond acceptors (Lipinski definition) is 3. The number of pyridine rings is 1. The molecular weight excluding hydrogens is 260 g/mol. The fourth-order valence-corrected chi connectivity index (χ4v) is 3.31. The Bertz CT molecular complexity index is 652. The number of fused-ring (bicyclic) bond motifs is 1. The van der Waals surface area contributed by atoms with Gasteiger partial charge in [-0.2, -0.15) is 0 Å². The molecule has 21 heavy (non-hydrogen) atoms. The van der Waals surface area contributed by atoms with Crippen molar-refractivity contribution in [1.82, 2.24) is 10.3 Å². The molecule has 1 saturated heterocycles. The molecule has 3 nitrogen and oxygen atoms in total. The highest BCUT2D eigenvalue weighted by molar-refractivity contribution is 6.10. The van der Waals surface area contributed by atoms with Crippen LogP contribution in [0.4, 0.5) is 0 Å². The smallest absolute Gasteiger partial charge is 0.169 e. The highest BCUT2D eigenvalue weighted by Crippen LogP contribution is 2.36. The van der Waals surface area contributed by atoms with Crippen molar-refractivity contribution in [2.75, 3.05) is 13.1 Å². The molecule has 1 aliphatic rings. The molecule has 1 atom stereocenters. The predicted molar refractivity (Wildman–Crippen MR) is 85.4 cm³/mol. The molecule has 0 aliphatic carbocycles. The van der Waals surface area contributed by atoms with Crippen molar-refractivity contribution in [3.8, 4) is 0 Å². The van der Waals surface area contributed by atoms with Crippen molar-refractivity contribution in [3.05, 3.63) is 42.2 Å². The molecule has 0 bridgehead atoms. The first-order valence-electron chi connectivity index (χ1n) is 7.69. The monoisotopic (exact) mass is 282 g/mol. The Balaban J connectivity index is 1.99. The first-order chi connectivity index (χ1) is 10.1. The van der Waals surface area contributed by atoms with Crippen molar-refractivity contribution >= 4 is 16.6 Å². The van der Waals surface area contributed by atoms with Crippen LogP contribution in [0.5, 0.6) is 0 Å². The van der Waals surface area contributed by atoms with Gasteiger partial charge >= 0.3 is 0 Å². The van der Waals surface area contributed by atoms with E-state index in [1.807, 2.05) is 24.3 Å². The maximum absolute atomic E-state index is 13.1. The second-order valence-electron chi connectivity index (χ2n) is 6.50. The van der Waals surface area contributed by atoms with Crippen LogP contribution in [0.1, 0.15) is 37.0 Å². The zero-order valence-electron chi connectivity index (χ0n) is 12.7. The molecule has 1 fully saturated rings. The number of nitrogens with one attached hydrogen (secondary N) is 1. The Kier molecular flexibility index (Phi) is 3.77. The standard InChI is InChI=1S/C18H22N2O/c1-18(2,14-6-4-9-19-11-14)17(21)15-7-3-5-13-8-10-20-12-16(13)15/h3,5,7-8,10,12,14,19H,4,6,9,11H2,1-2H3. The van der Waals surface area contributed by atoms with E-state index in [0.717, 1.165) is 42.3 Å². The second kappa shape index (κ2) is 5.57.